The molecule has 1 fully saturated rings. The fraction of sp³-hybridized carbons (Fsp3) is 0.467. The maximum absolute atomic E-state index is 12.5. The van der Waals surface area contributed by atoms with Crippen LogP contribution in [0.2, 0.25) is 0 Å². The van der Waals surface area contributed by atoms with E-state index in [4.69, 9.17) is 14.2 Å². The van der Waals surface area contributed by atoms with E-state index >= 15 is 0 Å². The molecule has 1 amide bonds. The standard InChI is InChI=1S/C15H19NO5/c1-19-12-8-10(9-13(20-2)14(12)21-3)15(18)16-6-4-11(17)5-7-16/h8-9H,4-7H2,1-3H3. The lowest BCUT2D eigenvalue weighted by molar-refractivity contribution is -0.120. The van der Waals surface area contributed by atoms with Gasteiger partial charge in [0, 0.05) is 31.5 Å². The number of ketones is 1. The average Bonchev–Trinajstić information content (AvgIpc) is 2.53. The van der Waals surface area contributed by atoms with Crippen molar-refractivity contribution in [3.05, 3.63) is 17.7 Å². The second-order valence-electron chi connectivity index (χ2n) is 4.74. The Morgan fingerprint density at radius 2 is 1.52 bits per heavy atom. The Bertz CT molecular complexity index is 520. The number of likely N-dealkylation sites (tertiary alicyclic amines) is 1. The van der Waals surface area contributed by atoms with E-state index in [0.717, 1.165) is 0 Å². The van der Waals surface area contributed by atoms with Crippen LogP contribution < -0.4 is 14.2 Å². The number of carbonyl (C=O) groups is 2. The third-order valence-corrected chi connectivity index (χ3v) is 3.52. The van der Waals surface area contributed by atoms with Crippen LogP contribution in [0.4, 0.5) is 0 Å². The molecule has 0 aliphatic carbocycles. The summed E-state index contributed by atoms with van der Waals surface area (Å²) >= 11 is 0. The summed E-state index contributed by atoms with van der Waals surface area (Å²) < 4.78 is 15.7. The average molecular weight is 293 g/mol. The van der Waals surface area contributed by atoms with Gasteiger partial charge in [0.1, 0.15) is 5.78 Å². The number of Topliss-reactive ketones (excluding diaryl/α,β-unsaturated/α-hetero) is 1. The van der Waals surface area contributed by atoms with Crippen molar-refractivity contribution in [3.63, 3.8) is 0 Å². The van der Waals surface area contributed by atoms with Gasteiger partial charge in [-0.3, -0.25) is 9.59 Å². The second kappa shape index (κ2) is 6.47. The number of nitrogens with zero attached hydrogens (tertiary/aromatic N) is 1. The highest BCUT2D eigenvalue weighted by Gasteiger charge is 2.24. The van der Waals surface area contributed by atoms with Gasteiger partial charge in [-0.2, -0.15) is 0 Å². The molecule has 2 rings (SSSR count). The maximum Gasteiger partial charge on any atom is 0.254 e. The second-order valence-corrected chi connectivity index (χ2v) is 4.74. The SMILES string of the molecule is COc1cc(C(=O)N2CCC(=O)CC2)cc(OC)c1OC. The molecule has 1 aromatic carbocycles. The first-order chi connectivity index (χ1) is 10.1. The Morgan fingerprint density at radius 1 is 1.00 bits per heavy atom. The zero-order valence-electron chi connectivity index (χ0n) is 12.5. The molecular formula is C15H19NO5. The zero-order valence-corrected chi connectivity index (χ0v) is 12.5. The van der Waals surface area contributed by atoms with Crippen LogP contribution in [0.1, 0.15) is 23.2 Å². The molecule has 1 aliphatic heterocycles. The highest BCUT2D eigenvalue weighted by atomic mass is 16.5. The molecule has 6 nitrogen and oxygen atoms in total. The van der Waals surface area contributed by atoms with Crippen molar-refractivity contribution in [3.8, 4) is 17.2 Å². The smallest absolute Gasteiger partial charge is 0.254 e. The topological polar surface area (TPSA) is 65.1 Å². The van der Waals surface area contributed by atoms with Gasteiger partial charge in [0.05, 0.1) is 21.3 Å². The predicted octanol–water partition coefficient (Wildman–Crippen LogP) is 1.52. The van der Waals surface area contributed by atoms with Crippen LogP contribution in [-0.4, -0.2) is 51.0 Å². The molecule has 0 aromatic heterocycles. The first kappa shape index (κ1) is 15.2. The van der Waals surface area contributed by atoms with Crippen molar-refractivity contribution in [2.75, 3.05) is 34.4 Å². The summed E-state index contributed by atoms with van der Waals surface area (Å²) in [5.41, 5.74) is 0.457. The predicted molar refractivity (Wildman–Crippen MR) is 76.2 cm³/mol. The zero-order chi connectivity index (χ0) is 15.4. The molecule has 0 saturated carbocycles. The molecule has 6 heteroatoms. The number of methoxy groups -OCH3 is 3. The van der Waals surface area contributed by atoms with Crippen LogP contribution in [0, 0.1) is 0 Å². The maximum atomic E-state index is 12.5. The molecule has 0 bridgehead atoms. The normalized spacial score (nSPS) is 14.8. The van der Waals surface area contributed by atoms with E-state index in [0.29, 0.717) is 48.7 Å². The quantitative estimate of drug-likeness (QED) is 0.842. The molecule has 0 spiro atoms. The van der Waals surface area contributed by atoms with Crippen molar-refractivity contribution < 1.29 is 23.8 Å². The van der Waals surface area contributed by atoms with Crippen molar-refractivity contribution in [2.45, 2.75) is 12.8 Å². The molecule has 21 heavy (non-hydrogen) atoms. The van der Waals surface area contributed by atoms with Gasteiger partial charge in [-0.1, -0.05) is 0 Å². The molecule has 1 aliphatic rings. The summed E-state index contributed by atoms with van der Waals surface area (Å²) in [7, 11) is 4.52. The van der Waals surface area contributed by atoms with E-state index in [1.807, 2.05) is 0 Å². The monoisotopic (exact) mass is 293 g/mol. The summed E-state index contributed by atoms with van der Waals surface area (Å²) in [6.45, 7) is 0.905. The van der Waals surface area contributed by atoms with Crippen LogP contribution in [0.5, 0.6) is 17.2 Å². The first-order valence-corrected chi connectivity index (χ1v) is 6.71. The first-order valence-electron chi connectivity index (χ1n) is 6.71. The van der Waals surface area contributed by atoms with Crippen LogP contribution in [-0.2, 0) is 4.79 Å². The summed E-state index contributed by atoms with van der Waals surface area (Å²) in [5, 5.41) is 0. The van der Waals surface area contributed by atoms with E-state index in [1.165, 1.54) is 21.3 Å². The summed E-state index contributed by atoms with van der Waals surface area (Å²) in [6, 6.07) is 3.25. The number of amides is 1. The van der Waals surface area contributed by atoms with Gasteiger partial charge in [-0.15, -0.1) is 0 Å². The summed E-state index contributed by atoms with van der Waals surface area (Å²) in [6.07, 6.45) is 0.826. The van der Waals surface area contributed by atoms with E-state index in [9.17, 15) is 9.59 Å². The molecule has 0 atom stereocenters. The fourth-order valence-corrected chi connectivity index (χ4v) is 2.35. The summed E-state index contributed by atoms with van der Waals surface area (Å²) in [5.74, 6) is 1.39. The van der Waals surface area contributed by atoms with Crippen LogP contribution in [0.25, 0.3) is 0 Å². The van der Waals surface area contributed by atoms with Crippen molar-refractivity contribution in [2.24, 2.45) is 0 Å². The lowest BCUT2D eigenvalue weighted by atomic mass is 10.1. The number of carbonyl (C=O) groups excluding carboxylic acids is 2. The van der Waals surface area contributed by atoms with E-state index in [1.54, 1.807) is 17.0 Å². The Labute approximate surface area is 123 Å². The minimum absolute atomic E-state index is 0.137. The number of piperidine rings is 1. The highest BCUT2D eigenvalue weighted by Crippen LogP contribution is 2.38. The Kier molecular flexibility index (Phi) is 4.67. The van der Waals surface area contributed by atoms with Gasteiger partial charge in [-0.25, -0.2) is 0 Å². The van der Waals surface area contributed by atoms with Gasteiger partial charge in [0.2, 0.25) is 5.75 Å². The minimum atomic E-state index is -0.137. The summed E-state index contributed by atoms with van der Waals surface area (Å²) in [4.78, 5) is 25.4. The van der Waals surface area contributed by atoms with Crippen molar-refractivity contribution >= 4 is 11.7 Å². The van der Waals surface area contributed by atoms with Crippen LogP contribution >= 0.6 is 0 Å². The van der Waals surface area contributed by atoms with E-state index < -0.39 is 0 Å². The fourth-order valence-electron chi connectivity index (χ4n) is 2.35. The van der Waals surface area contributed by atoms with Gasteiger partial charge in [0.15, 0.2) is 11.5 Å². The number of rotatable bonds is 4. The van der Waals surface area contributed by atoms with E-state index in [-0.39, 0.29) is 11.7 Å². The number of hydrogen-bond donors (Lipinski definition) is 0. The molecule has 0 unspecified atom stereocenters. The third-order valence-electron chi connectivity index (χ3n) is 3.52. The number of ether oxygens (including phenoxy) is 3. The van der Waals surface area contributed by atoms with Gasteiger partial charge in [-0.05, 0) is 12.1 Å². The van der Waals surface area contributed by atoms with Crippen molar-refractivity contribution in [1.29, 1.82) is 0 Å². The minimum Gasteiger partial charge on any atom is -0.493 e. The van der Waals surface area contributed by atoms with Crippen molar-refractivity contribution in [1.82, 2.24) is 4.90 Å². The van der Waals surface area contributed by atoms with Gasteiger partial charge in [0.25, 0.3) is 5.91 Å². The third kappa shape index (κ3) is 3.09. The molecule has 114 valence electrons. The number of hydrogen-bond acceptors (Lipinski definition) is 5. The Balaban J connectivity index is 2.30. The molecule has 1 aromatic rings. The van der Waals surface area contributed by atoms with Crippen LogP contribution in [0.3, 0.4) is 0 Å². The van der Waals surface area contributed by atoms with Gasteiger partial charge < -0.3 is 19.1 Å². The molecule has 0 radical (unpaired) electrons. The lowest BCUT2D eigenvalue weighted by Gasteiger charge is -2.26. The Hall–Kier alpha value is -2.24. The Morgan fingerprint density at radius 3 is 1.95 bits per heavy atom. The lowest BCUT2D eigenvalue weighted by Crippen LogP contribution is -2.38. The number of benzene rings is 1. The van der Waals surface area contributed by atoms with Gasteiger partial charge >= 0.3 is 0 Å². The molecule has 1 heterocycles. The largest absolute Gasteiger partial charge is 0.493 e. The highest BCUT2D eigenvalue weighted by molar-refractivity contribution is 5.96. The van der Waals surface area contributed by atoms with Crippen LogP contribution in [0.15, 0.2) is 12.1 Å². The molecular weight excluding hydrogens is 274 g/mol. The molecule has 0 N–H and O–H groups in total. The molecule has 1 saturated heterocycles. The van der Waals surface area contributed by atoms with E-state index in [2.05, 4.69) is 0 Å².